The van der Waals surface area contributed by atoms with Crippen molar-refractivity contribution in [3.8, 4) is 0 Å². The summed E-state index contributed by atoms with van der Waals surface area (Å²) in [5, 5.41) is 0. The molecule has 4 nitrogen and oxygen atoms in total. The van der Waals surface area contributed by atoms with E-state index in [0.29, 0.717) is 32.8 Å². The van der Waals surface area contributed by atoms with E-state index in [9.17, 15) is 4.79 Å². The number of carbonyl (C=O) groups excluding carboxylic acids is 1. The molecule has 0 aromatic carbocycles. The minimum absolute atomic E-state index is 0.0947. The highest BCUT2D eigenvalue weighted by Crippen LogP contribution is 2.10. The fraction of sp³-hybridized carbons (Fsp3) is 0.958. The van der Waals surface area contributed by atoms with Gasteiger partial charge in [0.15, 0.2) is 0 Å². The van der Waals surface area contributed by atoms with E-state index >= 15 is 0 Å². The summed E-state index contributed by atoms with van der Waals surface area (Å²) >= 11 is 0. The van der Waals surface area contributed by atoms with Crippen molar-refractivity contribution in [3.63, 3.8) is 0 Å². The van der Waals surface area contributed by atoms with E-state index in [1.165, 1.54) is 57.8 Å². The Kier molecular flexibility index (Phi) is 22.2. The molecule has 0 aliphatic heterocycles. The van der Waals surface area contributed by atoms with Crippen molar-refractivity contribution in [1.82, 2.24) is 0 Å². The summed E-state index contributed by atoms with van der Waals surface area (Å²) < 4.78 is 16.3. The van der Waals surface area contributed by atoms with Crippen LogP contribution in [0.3, 0.4) is 0 Å². The van der Waals surface area contributed by atoms with Crippen LogP contribution in [0.1, 0.15) is 111 Å². The van der Waals surface area contributed by atoms with Gasteiger partial charge in [-0.05, 0) is 25.2 Å². The first kappa shape index (κ1) is 27.4. The van der Waals surface area contributed by atoms with Crippen molar-refractivity contribution < 1.29 is 19.0 Å². The summed E-state index contributed by atoms with van der Waals surface area (Å²) in [5.74, 6) is 0.713. The monoisotopic (exact) mass is 400 g/mol. The number of ether oxygens (including phenoxy) is 3. The minimum atomic E-state index is -0.0947. The zero-order chi connectivity index (χ0) is 20.7. The molecule has 0 saturated carbocycles. The largest absolute Gasteiger partial charge is 0.466 e. The Morgan fingerprint density at radius 3 is 1.82 bits per heavy atom. The van der Waals surface area contributed by atoms with Crippen molar-refractivity contribution in [2.24, 2.45) is 5.92 Å². The van der Waals surface area contributed by atoms with Gasteiger partial charge in [-0.15, -0.1) is 0 Å². The summed E-state index contributed by atoms with van der Waals surface area (Å²) in [4.78, 5) is 11.7. The predicted octanol–water partition coefficient (Wildman–Crippen LogP) is 6.70. The number of carbonyl (C=O) groups is 1. The van der Waals surface area contributed by atoms with E-state index in [1.54, 1.807) is 0 Å². The molecule has 0 heterocycles. The summed E-state index contributed by atoms with van der Waals surface area (Å²) in [7, 11) is 0. The third-order valence-electron chi connectivity index (χ3n) is 4.87. The number of unbranched alkanes of at least 4 members (excludes halogenated alkanes) is 9. The quantitative estimate of drug-likeness (QED) is 0.150. The molecule has 0 saturated heterocycles. The number of rotatable bonds is 22. The van der Waals surface area contributed by atoms with Crippen LogP contribution in [0.2, 0.25) is 0 Å². The maximum Gasteiger partial charge on any atom is 0.305 e. The van der Waals surface area contributed by atoms with Crippen molar-refractivity contribution >= 4 is 5.97 Å². The van der Waals surface area contributed by atoms with Gasteiger partial charge in [-0.1, -0.05) is 85.0 Å². The standard InChI is InChI=1S/C24H48O4/c1-4-5-6-7-10-13-18-26-21-22-27-19-15-17-24(25)28-20-14-11-8-9-12-16-23(2)3/h23H,4-22H2,1-3H3. The van der Waals surface area contributed by atoms with Gasteiger partial charge in [-0.2, -0.15) is 0 Å². The molecule has 0 aromatic heterocycles. The molecular weight excluding hydrogens is 352 g/mol. The molecule has 0 N–H and O–H groups in total. The van der Waals surface area contributed by atoms with Gasteiger partial charge < -0.3 is 14.2 Å². The topological polar surface area (TPSA) is 44.8 Å². The average molecular weight is 401 g/mol. The fourth-order valence-electron chi connectivity index (χ4n) is 3.07. The lowest BCUT2D eigenvalue weighted by molar-refractivity contribution is -0.144. The van der Waals surface area contributed by atoms with Crippen molar-refractivity contribution in [2.45, 2.75) is 111 Å². The van der Waals surface area contributed by atoms with Gasteiger partial charge in [-0.25, -0.2) is 0 Å². The Morgan fingerprint density at radius 2 is 1.18 bits per heavy atom. The van der Waals surface area contributed by atoms with E-state index in [0.717, 1.165) is 38.2 Å². The number of hydrogen-bond donors (Lipinski definition) is 0. The average Bonchev–Trinajstić information content (AvgIpc) is 2.67. The molecule has 4 heteroatoms. The molecule has 0 aromatic rings. The fourth-order valence-corrected chi connectivity index (χ4v) is 3.07. The van der Waals surface area contributed by atoms with Crippen LogP contribution >= 0.6 is 0 Å². The molecule has 0 radical (unpaired) electrons. The van der Waals surface area contributed by atoms with E-state index in [2.05, 4.69) is 20.8 Å². The highest BCUT2D eigenvalue weighted by atomic mass is 16.5. The van der Waals surface area contributed by atoms with Crippen LogP contribution in [0.5, 0.6) is 0 Å². The summed E-state index contributed by atoms with van der Waals surface area (Å²) in [6.45, 7) is 10.0. The first-order chi connectivity index (χ1) is 13.7. The van der Waals surface area contributed by atoms with Crippen LogP contribution in [-0.4, -0.2) is 39.0 Å². The van der Waals surface area contributed by atoms with Crippen molar-refractivity contribution in [2.75, 3.05) is 33.0 Å². The van der Waals surface area contributed by atoms with Gasteiger partial charge in [0.25, 0.3) is 0 Å². The molecule has 0 rings (SSSR count). The highest BCUT2D eigenvalue weighted by molar-refractivity contribution is 5.69. The lowest BCUT2D eigenvalue weighted by Crippen LogP contribution is -2.09. The van der Waals surface area contributed by atoms with Crippen LogP contribution in [0.4, 0.5) is 0 Å². The summed E-state index contributed by atoms with van der Waals surface area (Å²) in [6, 6.07) is 0. The highest BCUT2D eigenvalue weighted by Gasteiger charge is 2.03. The second-order valence-corrected chi connectivity index (χ2v) is 8.27. The van der Waals surface area contributed by atoms with Gasteiger partial charge >= 0.3 is 5.97 Å². The Labute approximate surface area is 175 Å². The SMILES string of the molecule is CCCCCCCCOCCOCCCC(=O)OCCCCCCCC(C)C. The Morgan fingerprint density at radius 1 is 0.643 bits per heavy atom. The van der Waals surface area contributed by atoms with E-state index in [4.69, 9.17) is 14.2 Å². The van der Waals surface area contributed by atoms with Crippen LogP contribution in [0.15, 0.2) is 0 Å². The van der Waals surface area contributed by atoms with Crippen LogP contribution in [0.25, 0.3) is 0 Å². The van der Waals surface area contributed by atoms with Crippen LogP contribution in [-0.2, 0) is 19.0 Å². The first-order valence-electron chi connectivity index (χ1n) is 12.0. The molecule has 28 heavy (non-hydrogen) atoms. The Bertz CT molecular complexity index is 318. The third kappa shape index (κ3) is 23.4. The second-order valence-electron chi connectivity index (χ2n) is 8.27. The maximum atomic E-state index is 11.7. The summed E-state index contributed by atoms with van der Waals surface area (Å²) in [5.41, 5.74) is 0. The molecule has 0 aliphatic rings. The van der Waals surface area contributed by atoms with Gasteiger partial charge in [0.1, 0.15) is 0 Å². The normalized spacial score (nSPS) is 11.3. The zero-order valence-corrected chi connectivity index (χ0v) is 19.1. The Hall–Kier alpha value is -0.610. The molecule has 0 amide bonds. The van der Waals surface area contributed by atoms with E-state index < -0.39 is 0 Å². The zero-order valence-electron chi connectivity index (χ0n) is 19.1. The lowest BCUT2D eigenvalue weighted by Gasteiger charge is -2.07. The van der Waals surface area contributed by atoms with Gasteiger partial charge in [0.2, 0.25) is 0 Å². The molecule has 168 valence electrons. The van der Waals surface area contributed by atoms with Gasteiger partial charge in [-0.3, -0.25) is 4.79 Å². The van der Waals surface area contributed by atoms with E-state index in [1.807, 2.05) is 0 Å². The molecule has 0 unspecified atom stereocenters. The molecular formula is C24H48O4. The van der Waals surface area contributed by atoms with Crippen molar-refractivity contribution in [1.29, 1.82) is 0 Å². The van der Waals surface area contributed by atoms with Crippen LogP contribution < -0.4 is 0 Å². The first-order valence-corrected chi connectivity index (χ1v) is 12.0. The molecule has 0 spiro atoms. The number of esters is 1. The third-order valence-corrected chi connectivity index (χ3v) is 4.87. The number of hydrogen-bond acceptors (Lipinski definition) is 4. The maximum absolute atomic E-state index is 11.7. The minimum Gasteiger partial charge on any atom is -0.466 e. The van der Waals surface area contributed by atoms with Crippen LogP contribution in [0, 0.1) is 5.92 Å². The summed E-state index contributed by atoms with van der Waals surface area (Å²) in [6.07, 6.45) is 16.2. The van der Waals surface area contributed by atoms with Crippen molar-refractivity contribution in [3.05, 3.63) is 0 Å². The molecule has 0 fully saturated rings. The van der Waals surface area contributed by atoms with Gasteiger partial charge in [0, 0.05) is 19.6 Å². The lowest BCUT2D eigenvalue weighted by atomic mass is 10.0. The van der Waals surface area contributed by atoms with E-state index in [-0.39, 0.29) is 5.97 Å². The Balaban J connectivity index is 3.15. The second kappa shape index (κ2) is 22.7. The molecule has 0 atom stereocenters. The van der Waals surface area contributed by atoms with Gasteiger partial charge in [0.05, 0.1) is 19.8 Å². The smallest absolute Gasteiger partial charge is 0.305 e. The predicted molar refractivity (Wildman–Crippen MR) is 118 cm³/mol. The molecule has 0 aliphatic carbocycles. The molecule has 0 bridgehead atoms.